The van der Waals surface area contributed by atoms with Crippen LogP contribution in [0, 0.1) is 0 Å². The standard InChI is InChI=1S/C25H21F4N3O6S/c1-14(33)32-23(18-5-3-4-6-20(18)37-24(26)27)38-22(31-32)15-7-12-19(21(13-15)39(34,35)25(28)29)30-16-8-10-17(36-2)11-9-16/h3-13,23-25,30H,1-2H3/t23-/m1/s1. The number of carbonyl (C=O) groups is 1. The van der Waals surface area contributed by atoms with E-state index in [1.54, 1.807) is 24.3 Å². The summed E-state index contributed by atoms with van der Waals surface area (Å²) >= 11 is 0. The molecule has 14 heteroatoms. The van der Waals surface area contributed by atoms with E-state index in [0.717, 1.165) is 18.0 Å². The van der Waals surface area contributed by atoms with Crippen molar-refractivity contribution < 1.29 is 45.0 Å². The molecule has 0 fully saturated rings. The van der Waals surface area contributed by atoms with Crippen LogP contribution >= 0.6 is 0 Å². The highest BCUT2D eigenvalue weighted by molar-refractivity contribution is 7.91. The van der Waals surface area contributed by atoms with Crippen molar-refractivity contribution in [3.63, 3.8) is 0 Å². The number of hydrazone groups is 1. The number of nitrogens with zero attached hydrogens (tertiary/aromatic N) is 2. The topological polar surface area (TPSA) is 107 Å². The summed E-state index contributed by atoms with van der Waals surface area (Å²) < 4.78 is 93.6. The molecule has 1 heterocycles. The molecule has 1 aliphatic heterocycles. The Labute approximate surface area is 220 Å². The monoisotopic (exact) mass is 567 g/mol. The Balaban J connectivity index is 1.74. The third-order valence-corrected chi connectivity index (χ3v) is 6.93. The minimum atomic E-state index is -5.12. The normalized spacial score (nSPS) is 15.2. The lowest BCUT2D eigenvalue weighted by Crippen LogP contribution is -2.26. The Hall–Kier alpha value is -4.33. The fourth-order valence-electron chi connectivity index (χ4n) is 3.69. The van der Waals surface area contributed by atoms with Crippen molar-refractivity contribution in [2.24, 2.45) is 5.10 Å². The number of carbonyl (C=O) groups excluding carboxylic acids is 1. The highest BCUT2D eigenvalue weighted by Gasteiger charge is 2.37. The van der Waals surface area contributed by atoms with Crippen LogP contribution in [0.4, 0.5) is 28.9 Å². The van der Waals surface area contributed by atoms with Gasteiger partial charge in [0.2, 0.25) is 27.9 Å². The maximum absolute atomic E-state index is 13.6. The maximum Gasteiger partial charge on any atom is 0.387 e. The van der Waals surface area contributed by atoms with Crippen LogP contribution < -0.4 is 14.8 Å². The number of rotatable bonds is 9. The summed E-state index contributed by atoms with van der Waals surface area (Å²) in [6, 6.07) is 15.4. The fourth-order valence-corrected chi connectivity index (χ4v) is 4.60. The molecule has 0 bridgehead atoms. The number of para-hydroxylation sites is 1. The first kappa shape index (κ1) is 27.7. The Bertz CT molecular complexity index is 1500. The number of hydrogen-bond donors (Lipinski definition) is 1. The Morgan fingerprint density at radius 2 is 1.74 bits per heavy atom. The molecule has 0 aliphatic carbocycles. The second kappa shape index (κ2) is 11.2. The van der Waals surface area contributed by atoms with Crippen molar-refractivity contribution in [1.29, 1.82) is 0 Å². The molecule has 1 aliphatic rings. The molecule has 206 valence electrons. The summed E-state index contributed by atoms with van der Waals surface area (Å²) in [5.74, 6) is -4.43. The first-order valence-electron chi connectivity index (χ1n) is 11.2. The fraction of sp³-hybridized carbons (Fsp3) is 0.200. The lowest BCUT2D eigenvalue weighted by molar-refractivity contribution is -0.135. The number of benzene rings is 3. The third-order valence-electron chi connectivity index (χ3n) is 5.51. The van der Waals surface area contributed by atoms with E-state index in [0.29, 0.717) is 11.4 Å². The van der Waals surface area contributed by atoms with Gasteiger partial charge in [0.25, 0.3) is 0 Å². The average molecular weight is 568 g/mol. The second-order valence-corrected chi connectivity index (χ2v) is 9.91. The average Bonchev–Trinajstić information content (AvgIpc) is 3.35. The maximum atomic E-state index is 13.6. The van der Waals surface area contributed by atoms with Gasteiger partial charge >= 0.3 is 12.4 Å². The van der Waals surface area contributed by atoms with E-state index in [1.807, 2.05) is 0 Å². The van der Waals surface area contributed by atoms with Gasteiger partial charge < -0.3 is 19.5 Å². The number of alkyl halides is 4. The third kappa shape index (κ3) is 5.90. The van der Waals surface area contributed by atoms with Gasteiger partial charge in [-0.3, -0.25) is 4.79 Å². The van der Waals surface area contributed by atoms with E-state index in [1.165, 1.54) is 43.5 Å². The van der Waals surface area contributed by atoms with Gasteiger partial charge in [-0.15, -0.1) is 5.10 Å². The van der Waals surface area contributed by atoms with Crippen LogP contribution in [0.3, 0.4) is 0 Å². The predicted molar refractivity (Wildman–Crippen MR) is 132 cm³/mol. The predicted octanol–water partition coefficient (Wildman–Crippen LogP) is 5.28. The molecule has 1 atom stereocenters. The van der Waals surface area contributed by atoms with Gasteiger partial charge in [-0.25, -0.2) is 8.42 Å². The van der Waals surface area contributed by atoms with E-state index in [9.17, 15) is 30.8 Å². The van der Waals surface area contributed by atoms with Crippen LogP contribution in [-0.2, 0) is 19.4 Å². The van der Waals surface area contributed by atoms with Crippen molar-refractivity contribution in [2.75, 3.05) is 12.4 Å². The molecule has 0 saturated heterocycles. The Morgan fingerprint density at radius 3 is 2.36 bits per heavy atom. The zero-order chi connectivity index (χ0) is 28.3. The molecular formula is C25H21F4N3O6S. The lowest BCUT2D eigenvalue weighted by atomic mass is 10.1. The molecule has 3 aromatic rings. The van der Waals surface area contributed by atoms with Gasteiger partial charge in [0.15, 0.2) is 0 Å². The summed E-state index contributed by atoms with van der Waals surface area (Å²) in [5, 5.41) is 7.69. The SMILES string of the molecule is COc1ccc(Nc2ccc(C3=NN(C(C)=O)[C@@H](c4ccccc4OC(F)F)O3)cc2S(=O)(=O)C(F)F)cc1. The van der Waals surface area contributed by atoms with E-state index in [-0.39, 0.29) is 28.5 Å². The zero-order valence-electron chi connectivity index (χ0n) is 20.3. The summed E-state index contributed by atoms with van der Waals surface area (Å²) in [7, 11) is -3.66. The first-order chi connectivity index (χ1) is 18.5. The van der Waals surface area contributed by atoms with E-state index in [4.69, 9.17) is 9.47 Å². The molecule has 0 unspecified atom stereocenters. The molecule has 0 saturated carbocycles. The van der Waals surface area contributed by atoms with Crippen molar-refractivity contribution in [3.8, 4) is 11.5 Å². The minimum Gasteiger partial charge on any atom is -0.497 e. The summed E-state index contributed by atoms with van der Waals surface area (Å²) in [4.78, 5) is 11.5. The van der Waals surface area contributed by atoms with Gasteiger partial charge in [0.05, 0.1) is 23.3 Å². The van der Waals surface area contributed by atoms with Crippen molar-refractivity contribution in [3.05, 3.63) is 77.9 Å². The van der Waals surface area contributed by atoms with Crippen LogP contribution in [0.1, 0.15) is 24.3 Å². The first-order valence-corrected chi connectivity index (χ1v) is 12.7. The number of ether oxygens (including phenoxy) is 3. The van der Waals surface area contributed by atoms with Crippen LogP contribution in [0.5, 0.6) is 11.5 Å². The molecule has 0 radical (unpaired) electrons. The lowest BCUT2D eigenvalue weighted by Gasteiger charge is -2.21. The molecule has 1 N–H and O–H groups in total. The number of hydrogen-bond acceptors (Lipinski definition) is 8. The molecule has 9 nitrogen and oxygen atoms in total. The summed E-state index contributed by atoms with van der Waals surface area (Å²) in [5.41, 5.74) is 0.209. The van der Waals surface area contributed by atoms with Crippen LogP contribution in [0.2, 0.25) is 0 Å². The summed E-state index contributed by atoms with van der Waals surface area (Å²) in [6.45, 7) is -2.01. The number of nitrogens with one attached hydrogen (secondary N) is 1. The van der Waals surface area contributed by atoms with Gasteiger partial charge in [-0.2, -0.15) is 22.6 Å². The van der Waals surface area contributed by atoms with Gasteiger partial charge in [0, 0.05) is 18.2 Å². The molecule has 39 heavy (non-hydrogen) atoms. The largest absolute Gasteiger partial charge is 0.497 e. The summed E-state index contributed by atoms with van der Waals surface area (Å²) in [6.07, 6.45) is -1.35. The van der Waals surface area contributed by atoms with E-state index >= 15 is 0 Å². The van der Waals surface area contributed by atoms with Crippen LogP contribution in [0.15, 0.2) is 76.7 Å². The number of sulfone groups is 1. The smallest absolute Gasteiger partial charge is 0.387 e. The second-order valence-electron chi connectivity index (χ2n) is 8.03. The van der Waals surface area contributed by atoms with Crippen LogP contribution in [-0.4, -0.2) is 44.7 Å². The van der Waals surface area contributed by atoms with Gasteiger partial charge in [-0.05, 0) is 54.6 Å². The highest BCUT2D eigenvalue weighted by Crippen LogP contribution is 2.37. The molecule has 0 aromatic heterocycles. The quantitative estimate of drug-likeness (QED) is 0.351. The number of methoxy groups -OCH3 is 1. The Kier molecular flexibility index (Phi) is 7.95. The highest BCUT2D eigenvalue weighted by atomic mass is 32.2. The van der Waals surface area contributed by atoms with E-state index in [2.05, 4.69) is 15.2 Å². The molecule has 1 amide bonds. The minimum absolute atomic E-state index is 0.0324. The molecular weight excluding hydrogens is 546 g/mol. The number of amides is 1. The number of halogens is 4. The Morgan fingerprint density at radius 1 is 1.05 bits per heavy atom. The van der Waals surface area contributed by atoms with Crippen LogP contribution in [0.25, 0.3) is 0 Å². The van der Waals surface area contributed by atoms with Crippen molar-refractivity contribution in [1.82, 2.24) is 5.01 Å². The molecule has 0 spiro atoms. The van der Waals surface area contributed by atoms with Crippen molar-refractivity contribution >= 4 is 33.0 Å². The molecule has 4 rings (SSSR count). The van der Waals surface area contributed by atoms with Gasteiger partial charge in [-0.1, -0.05) is 12.1 Å². The van der Waals surface area contributed by atoms with E-state index < -0.39 is 39.2 Å². The number of anilines is 2. The van der Waals surface area contributed by atoms with Crippen molar-refractivity contribution in [2.45, 2.75) is 30.4 Å². The molecule has 3 aromatic carbocycles. The zero-order valence-corrected chi connectivity index (χ0v) is 21.2. The van der Waals surface area contributed by atoms with Gasteiger partial charge in [0.1, 0.15) is 11.5 Å².